The minimum Gasteiger partial charge on any atom is -0.369 e. The standard InChI is InChI=1S/C18H19N2/c1-19-9-11-20(12-10-19)18-8-4-7-16-15-6-3-2-5-14(15)13-17(16)18/h2-4,6-8H,9-13H2,1H3. The van der Waals surface area contributed by atoms with E-state index < -0.39 is 0 Å². The minimum atomic E-state index is 1.04. The molecule has 2 aromatic carbocycles. The molecular weight excluding hydrogens is 244 g/mol. The lowest BCUT2D eigenvalue weighted by molar-refractivity contribution is 0.312. The summed E-state index contributed by atoms with van der Waals surface area (Å²) >= 11 is 0. The predicted molar refractivity (Wildman–Crippen MR) is 83.2 cm³/mol. The van der Waals surface area contributed by atoms with Crippen LogP contribution in [-0.4, -0.2) is 38.1 Å². The molecule has 1 heterocycles. The van der Waals surface area contributed by atoms with Crippen LogP contribution in [0, 0.1) is 6.07 Å². The summed E-state index contributed by atoms with van der Waals surface area (Å²) in [4.78, 5) is 4.95. The van der Waals surface area contributed by atoms with E-state index in [1.807, 2.05) is 6.07 Å². The van der Waals surface area contributed by atoms with Crippen molar-refractivity contribution in [1.29, 1.82) is 0 Å². The molecule has 2 aliphatic rings. The van der Waals surface area contributed by atoms with Gasteiger partial charge >= 0.3 is 0 Å². The van der Waals surface area contributed by atoms with E-state index in [4.69, 9.17) is 0 Å². The van der Waals surface area contributed by atoms with Gasteiger partial charge in [0.2, 0.25) is 0 Å². The van der Waals surface area contributed by atoms with Crippen molar-refractivity contribution in [1.82, 2.24) is 4.90 Å². The summed E-state index contributed by atoms with van der Waals surface area (Å²) < 4.78 is 0. The van der Waals surface area contributed by atoms with Crippen LogP contribution in [0.25, 0.3) is 11.1 Å². The highest BCUT2D eigenvalue weighted by Crippen LogP contribution is 2.41. The Labute approximate surface area is 120 Å². The molecule has 1 radical (unpaired) electrons. The van der Waals surface area contributed by atoms with Crippen LogP contribution in [0.2, 0.25) is 0 Å². The van der Waals surface area contributed by atoms with Crippen LogP contribution in [0.15, 0.2) is 36.4 Å². The fraction of sp³-hybridized carbons (Fsp3) is 0.333. The SMILES string of the molecule is CN1CCN(c2cccc3c2Cc2[c]cccc2-3)CC1. The molecule has 1 aliphatic heterocycles. The third-order valence-corrected chi connectivity index (χ3v) is 4.58. The number of fused-ring (bicyclic) bond motifs is 3. The van der Waals surface area contributed by atoms with Crippen molar-refractivity contribution in [3.05, 3.63) is 53.6 Å². The molecule has 2 nitrogen and oxygen atoms in total. The van der Waals surface area contributed by atoms with E-state index in [2.05, 4.69) is 53.2 Å². The van der Waals surface area contributed by atoms with Crippen LogP contribution in [0.5, 0.6) is 0 Å². The fourth-order valence-electron chi connectivity index (χ4n) is 3.40. The number of nitrogens with zero attached hydrogens (tertiary/aromatic N) is 2. The van der Waals surface area contributed by atoms with Crippen LogP contribution >= 0.6 is 0 Å². The lowest BCUT2D eigenvalue weighted by Gasteiger charge is -2.35. The van der Waals surface area contributed by atoms with Crippen molar-refractivity contribution in [2.45, 2.75) is 6.42 Å². The maximum Gasteiger partial charge on any atom is 0.0409 e. The summed E-state index contributed by atoms with van der Waals surface area (Å²) in [5.41, 5.74) is 7.06. The quantitative estimate of drug-likeness (QED) is 0.666. The Morgan fingerprint density at radius 2 is 1.75 bits per heavy atom. The summed E-state index contributed by atoms with van der Waals surface area (Å²) in [5, 5.41) is 0. The second-order valence-corrected chi connectivity index (χ2v) is 5.83. The third kappa shape index (κ3) is 1.83. The molecule has 2 aromatic rings. The molecule has 0 aromatic heterocycles. The van der Waals surface area contributed by atoms with Gasteiger partial charge in [0, 0.05) is 38.3 Å². The second-order valence-electron chi connectivity index (χ2n) is 5.83. The first kappa shape index (κ1) is 12.0. The number of likely N-dealkylation sites (N-methyl/N-ethyl adjacent to an activating group) is 1. The van der Waals surface area contributed by atoms with Gasteiger partial charge in [0.05, 0.1) is 0 Å². The summed E-state index contributed by atoms with van der Waals surface area (Å²) in [6.07, 6.45) is 1.04. The molecule has 20 heavy (non-hydrogen) atoms. The van der Waals surface area contributed by atoms with Crippen LogP contribution in [0.4, 0.5) is 5.69 Å². The Morgan fingerprint density at radius 3 is 2.60 bits per heavy atom. The van der Waals surface area contributed by atoms with Gasteiger partial charge in [0.25, 0.3) is 0 Å². The average molecular weight is 263 g/mol. The Bertz CT molecular complexity index is 640. The van der Waals surface area contributed by atoms with Gasteiger partial charge in [0.15, 0.2) is 0 Å². The molecule has 101 valence electrons. The summed E-state index contributed by atoms with van der Waals surface area (Å²) in [6, 6.07) is 16.5. The molecule has 0 unspecified atom stereocenters. The topological polar surface area (TPSA) is 6.48 Å². The molecule has 1 aliphatic carbocycles. The van der Waals surface area contributed by atoms with Crippen LogP contribution in [0.1, 0.15) is 11.1 Å². The molecule has 1 saturated heterocycles. The number of rotatable bonds is 1. The van der Waals surface area contributed by atoms with Crippen molar-refractivity contribution in [2.24, 2.45) is 0 Å². The molecule has 0 bridgehead atoms. The molecule has 4 rings (SSSR count). The van der Waals surface area contributed by atoms with E-state index >= 15 is 0 Å². The van der Waals surface area contributed by atoms with E-state index in [1.165, 1.54) is 27.9 Å². The summed E-state index contributed by atoms with van der Waals surface area (Å²) in [6.45, 7) is 4.57. The molecule has 0 amide bonds. The molecular formula is C18H19N2. The van der Waals surface area contributed by atoms with E-state index in [-0.39, 0.29) is 0 Å². The van der Waals surface area contributed by atoms with Gasteiger partial charge in [-0.1, -0.05) is 30.3 Å². The maximum absolute atomic E-state index is 3.41. The molecule has 0 N–H and O–H groups in total. The number of hydrogen-bond acceptors (Lipinski definition) is 2. The van der Waals surface area contributed by atoms with Crippen molar-refractivity contribution in [2.75, 3.05) is 38.1 Å². The average Bonchev–Trinajstić information content (AvgIpc) is 2.87. The molecule has 1 fully saturated rings. The first-order valence-electron chi connectivity index (χ1n) is 7.38. The number of anilines is 1. The van der Waals surface area contributed by atoms with Crippen molar-refractivity contribution in [3.8, 4) is 11.1 Å². The largest absolute Gasteiger partial charge is 0.369 e. The van der Waals surface area contributed by atoms with Gasteiger partial charge in [-0.15, -0.1) is 0 Å². The number of benzene rings is 2. The first-order valence-corrected chi connectivity index (χ1v) is 7.38. The summed E-state index contributed by atoms with van der Waals surface area (Å²) in [7, 11) is 2.21. The Balaban J connectivity index is 1.74. The lowest BCUT2D eigenvalue weighted by atomic mass is 10.0. The van der Waals surface area contributed by atoms with Gasteiger partial charge in [-0.2, -0.15) is 0 Å². The smallest absolute Gasteiger partial charge is 0.0409 e. The van der Waals surface area contributed by atoms with Crippen LogP contribution in [0.3, 0.4) is 0 Å². The van der Waals surface area contributed by atoms with Crippen molar-refractivity contribution in [3.63, 3.8) is 0 Å². The molecule has 0 spiro atoms. The summed E-state index contributed by atoms with van der Waals surface area (Å²) in [5.74, 6) is 0. The normalized spacial score (nSPS) is 17.9. The van der Waals surface area contributed by atoms with Crippen LogP contribution in [-0.2, 0) is 6.42 Å². The molecule has 0 saturated carbocycles. The predicted octanol–water partition coefficient (Wildman–Crippen LogP) is 2.81. The highest BCUT2D eigenvalue weighted by atomic mass is 15.2. The van der Waals surface area contributed by atoms with Gasteiger partial charge in [0.1, 0.15) is 0 Å². The monoisotopic (exact) mass is 263 g/mol. The Hall–Kier alpha value is -1.80. The van der Waals surface area contributed by atoms with Crippen LogP contribution < -0.4 is 4.90 Å². The van der Waals surface area contributed by atoms with E-state index in [1.54, 1.807) is 0 Å². The van der Waals surface area contributed by atoms with Gasteiger partial charge in [-0.25, -0.2) is 0 Å². The number of hydrogen-bond donors (Lipinski definition) is 0. The molecule has 0 atom stereocenters. The zero-order valence-electron chi connectivity index (χ0n) is 11.9. The van der Waals surface area contributed by atoms with E-state index in [0.29, 0.717) is 0 Å². The zero-order valence-corrected chi connectivity index (χ0v) is 11.9. The Morgan fingerprint density at radius 1 is 0.950 bits per heavy atom. The molecule has 2 heteroatoms. The minimum absolute atomic E-state index is 1.04. The Kier molecular flexibility index (Phi) is 2.78. The van der Waals surface area contributed by atoms with E-state index in [0.717, 1.165) is 32.6 Å². The highest BCUT2D eigenvalue weighted by molar-refractivity contribution is 5.82. The van der Waals surface area contributed by atoms with Gasteiger partial charge < -0.3 is 9.80 Å². The maximum atomic E-state index is 3.41. The van der Waals surface area contributed by atoms with Crippen molar-refractivity contribution >= 4 is 5.69 Å². The fourth-order valence-corrected chi connectivity index (χ4v) is 3.40. The zero-order chi connectivity index (χ0) is 13.5. The van der Waals surface area contributed by atoms with E-state index in [9.17, 15) is 0 Å². The highest BCUT2D eigenvalue weighted by Gasteiger charge is 2.24. The van der Waals surface area contributed by atoms with Gasteiger partial charge in [-0.05, 0) is 41.4 Å². The number of piperazine rings is 1. The first-order chi connectivity index (χ1) is 9.83. The lowest BCUT2D eigenvalue weighted by Crippen LogP contribution is -2.44. The second kappa shape index (κ2) is 4.64. The third-order valence-electron chi connectivity index (χ3n) is 4.58. The van der Waals surface area contributed by atoms with Gasteiger partial charge in [-0.3, -0.25) is 0 Å². The van der Waals surface area contributed by atoms with Crippen molar-refractivity contribution < 1.29 is 0 Å².